The van der Waals surface area contributed by atoms with Gasteiger partial charge in [-0.25, -0.2) is 0 Å². The van der Waals surface area contributed by atoms with Crippen LogP contribution in [0.25, 0.3) is 0 Å². The number of aromatic hydroxyl groups is 1. The Morgan fingerprint density at radius 1 is 1.21 bits per heavy atom. The molecule has 1 aliphatic carbocycles. The smallest absolute Gasteiger partial charge is 0.311 e. The van der Waals surface area contributed by atoms with Gasteiger partial charge in [-0.2, -0.15) is 0 Å². The second-order valence-electron chi connectivity index (χ2n) is 6.05. The molecule has 0 fully saturated rings. The molecule has 5 nitrogen and oxygen atoms in total. The van der Waals surface area contributed by atoms with Crippen molar-refractivity contribution >= 4 is 17.4 Å². The lowest BCUT2D eigenvalue weighted by molar-refractivity contribution is -0.142. The summed E-state index contributed by atoms with van der Waals surface area (Å²) in [4.78, 5) is 26.5. The first-order valence-corrected chi connectivity index (χ1v) is 8.06. The molecular formula is C19H23NO4. The first kappa shape index (κ1) is 17.8. The first-order valence-electron chi connectivity index (χ1n) is 8.06. The minimum Gasteiger partial charge on any atom is -0.507 e. The van der Waals surface area contributed by atoms with Crippen molar-refractivity contribution < 1.29 is 19.8 Å². The number of carbonyl (C=O) groups excluding carboxylic acids is 1. The number of benzene rings is 1. The van der Waals surface area contributed by atoms with E-state index in [4.69, 9.17) is 0 Å². The molecule has 0 saturated heterocycles. The molecule has 1 aromatic carbocycles. The molecule has 0 heterocycles. The maximum Gasteiger partial charge on any atom is 0.311 e. The summed E-state index contributed by atoms with van der Waals surface area (Å²) < 4.78 is 0. The van der Waals surface area contributed by atoms with Gasteiger partial charge < -0.3 is 15.1 Å². The van der Waals surface area contributed by atoms with Crippen LogP contribution in [0.4, 0.5) is 5.69 Å². The third-order valence-corrected chi connectivity index (χ3v) is 4.61. The molecular weight excluding hydrogens is 306 g/mol. The summed E-state index contributed by atoms with van der Waals surface area (Å²) in [6.45, 7) is 7.19. The number of anilines is 1. The molecule has 0 radical (unpaired) electrons. The largest absolute Gasteiger partial charge is 0.507 e. The monoisotopic (exact) mass is 329 g/mol. The lowest BCUT2D eigenvalue weighted by Crippen LogP contribution is -2.39. The molecule has 0 aromatic heterocycles. The molecule has 2 atom stereocenters. The van der Waals surface area contributed by atoms with Crippen LogP contribution in [-0.2, 0) is 4.79 Å². The van der Waals surface area contributed by atoms with Crippen molar-refractivity contribution in [2.75, 3.05) is 18.0 Å². The highest BCUT2D eigenvalue weighted by Crippen LogP contribution is 2.39. The standard InChI is InChI=1S/C19H23NO4/c1-4-20(5-2)13-9-10-14(16(21)12-13)17(22)19(3)11-7-6-8-15(19)18(23)24/h6-12,15,21H,4-5H2,1-3H3,(H,23,24). The predicted octanol–water partition coefficient (Wildman–Crippen LogP) is 3.25. The van der Waals surface area contributed by atoms with Gasteiger partial charge in [-0.15, -0.1) is 0 Å². The van der Waals surface area contributed by atoms with E-state index in [1.807, 2.05) is 13.8 Å². The molecule has 2 N–H and O–H groups in total. The molecule has 0 amide bonds. The summed E-state index contributed by atoms with van der Waals surface area (Å²) in [7, 11) is 0. The lowest BCUT2D eigenvalue weighted by Gasteiger charge is -2.31. The number of nitrogens with zero attached hydrogens (tertiary/aromatic N) is 1. The van der Waals surface area contributed by atoms with Crippen LogP contribution in [0.3, 0.4) is 0 Å². The van der Waals surface area contributed by atoms with Gasteiger partial charge in [0, 0.05) is 24.8 Å². The highest BCUT2D eigenvalue weighted by Gasteiger charge is 2.44. The van der Waals surface area contributed by atoms with E-state index in [-0.39, 0.29) is 11.3 Å². The van der Waals surface area contributed by atoms with Crippen molar-refractivity contribution in [3.63, 3.8) is 0 Å². The predicted molar refractivity (Wildman–Crippen MR) is 93.5 cm³/mol. The highest BCUT2D eigenvalue weighted by molar-refractivity contribution is 6.06. The van der Waals surface area contributed by atoms with E-state index in [2.05, 4.69) is 4.90 Å². The summed E-state index contributed by atoms with van der Waals surface area (Å²) in [5.41, 5.74) is -0.262. The maximum atomic E-state index is 13.0. The Morgan fingerprint density at radius 3 is 2.42 bits per heavy atom. The number of hydrogen-bond acceptors (Lipinski definition) is 4. The number of rotatable bonds is 6. The summed E-state index contributed by atoms with van der Waals surface area (Å²) in [5, 5.41) is 19.7. The van der Waals surface area contributed by atoms with E-state index in [0.717, 1.165) is 18.8 Å². The fraction of sp³-hybridized carbons (Fsp3) is 0.368. The second kappa shape index (κ2) is 6.91. The Hall–Kier alpha value is -2.56. The average molecular weight is 329 g/mol. The van der Waals surface area contributed by atoms with Gasteiger partial charge in [0.25, 0.3) is 0 Å². The number of allylic oxidation sites excluding steroid dienone is 3. The van der Waals surface area contributed by atoms with E-state index >= 15 is 0 Å². The summed E-state index contributed by atoms with van der Waals surface area (Å²) >= 11 is 0. The zero-order chi connectivity index (χ0) is 17.9. The van der Waals surface area contributed by atoms with Gasteiger partial charge in [0.1, 0.15) is 5.75 Å². The molecule has 2 rings (SSSR count). The topological polar surface area (TPSA) is 77.8 Å². The van der Waals surface area contributed by atoms with E-state index < -0.39 is 23.1 Å². The number of aliphatic carboxylic acids is 1. The number of carboxylic acids is 1. The molecule has 128 valence electrons. The molecule has 1 aliphatic rings. The van der Waals surface area contributed by atoms with Gasteiger partial charge >= 0.3 is 5.97 Å². The number of carbonyl (C=O) groups is 2. The van der Waals surface area contributed by atoms with E-state index in [0.29, 0.717) is 0 Å². The van der Waals surface area contributed by atoms with Crippen molar-refractivity contribution in [3.05, 3.63) is 48.1 Å². The number of Topliss-reactive ketones (excluding diaryl/α,β-unsaturated/α-hetero) is 1. The molecule has 0 spiro atoms. The summed E-state index contributed by atoms with van der Waals surface area (Å²) in [6.07, 6.45) is 6.38. The molecule has 2 unspecified atom stereocenters. The molecule has 24 heavy (non-hydrogen) atoms. The zero-order valence-corrected chi connectivity index (χ0v) is 14.2. The van der Waals surface area contributed by atoms with Crippen LogP contribution in [-0.4, -0.2) is 35.1 Å². The number of carboxylic acid groups (broad SMARTS) is 1. The normalized spacial score (nSPS) is 22.4. The van der Waals surface area contributed by atoms with Crippen molar-refractivity contribution in [1.82, 2.24) is 0 Å². The minimum absolute atomic E-state index is 0.127. The molecule has 5 heteroatoms. The lowest BCUT2D eigenvalue weighted by atomic mass is 9.69. The molecule has 1 aromatic rings. The van der Waals surface area contributed by atoms with Gasteiger partial charge in [-0.05, 0) is 32.9 Å². The van der Waals surface area contributed by atoms with Crippen molar-refractivity contribution in [3.8, 4) is 5.75 Å². The van der Waals surface area contributed by atoms with Gasteiger partial charge in [-0.3, -0.25) is 9.59 Å². The van der Waals surface area contributed by atoms with Gasteiger partial charge in [0.15, 0.2) is 5.78 Å². The Morgan fingerprint density at radius 2 is 1.88 bits per heavy atom. The Bertz CT molecular complexity index is 703. The van der Waals surface area contributed by atoms with Crippen LogP contribution >= 0.6 is 0 Å². The number of hydrogen-bond donors (Lipinski definition) is 2. The van der Waals surface area contributed by atoms with Crippen LogP contribution in [0.5, 0.6) is 5.75 Å². The third kappa shape index (κ3) is 3.07. The van der Waals surface area contributed by atoms with Gasteiger partial charge in [0.2, 0.25) is 0 Å². The average Bonchev–Trinajstić information content (AvgIpc) is 2.55. The third-order valence-electron chi connectivity index (χ3n) is 4.61. The number of ketones is 1. The molecule has 0 saturated carbocycles. The molecule has 0 aliphatic heterocycles. The minimum atomic E-state index is -1.23. The Labute approximate surface area is 141 Å². The Kier molecular flexibility index (Phi) is 5.12. The van der Waals surface area contributed by atoms with E-state index in [1.165, 1.54) is 6.08 Å². The highest BCUT2D eigenvalue weighted by atomic mass is 16.4. The molecule has 0 bridgehead atoms. The van der Waals surface area contributed by atoms with Crippen LogP contribution < -0.4 is 4.90 Å². The van der Waals surface area contributed by atoms with E-state index in [9.17, 15) is 19.8 Å². The van der Waals surface area contributed by atoms with Crippen LogP contribution in [0.2, 0.25) is 0 Å². The summed E-state index contributed by atoms with van der Waals surface area (Å²) in [5.74, 6) is -2.56. The van der Waals surface area contributed by atoms with Crippen LogP contribution in [0.1, 0.15) is 31.1 Å². The first-order chi connectivity index (χ1) is 11.3. The van der Waals surface area contributed by atoms with Crippen molar-refractivity contribution in [1.29, 1.82) is 0 Å². The van der Waals surface area contributed by atoms with Gasteiger partial charge in [-0.1, -0.05) is 24.3 Å². The fourth-order valence-corrected chi connectivity index (χ4v) is 3.08. The van der Waals surface area contributed by atoms with E-state index in [1.54, 1.807) is 43.4 Å². The summed E-state index contributed by atoms with van der Waals surface area (Å²) in [6, 6.07) is 4.91. The fourth-order valence-electron chi connectivity index (χ4n) is 3.08. The number of phenols is 1. The van der Waals surface area contributed by atoms with Crippen molar-refractivity contribution in [2.24, 2.45) is 11.3 Å². The second-order valence-corrected chi connectivity index (χ2v) is 6.05. The van der Waals surface area contributed by atoms with Crippen molar-refractivity contribution in [2.45, 2.75) is 20.8 Å². The van der Waals surface area contributed by atoms with Gasteiger partial charge in [0.05, 0.1) is 16.9 Å². The zero-order valence-electron chi connectivity index (χ0n) is 14.2. The maximum absolute atomic E-state index is 13.0. The SMILES string of the molecule is CCN(CC)c1ccc(C(=O)C2(C)C=CC=CC2C(=O)O)c(O)c1. The van der Waals surface area contributed by atoms with Crippen LogP contribution in [0.15, 0.2) is 42.5 Å². The Balaban J connectivity index is 2.41. The quantitative estimate of drug-likeness (QED) is 0.783. The van der Waals surface area contributed by atoms with Crippen LogP contribution in [0, 0.1) is 11.3 Å². The number of phenolic OH excluding ortho intramolecular Hbond substituents is 1.